The Morgan fingerprint density at radius 3 is 2.68 bits per heavy atom. The van der Waals surface area contributed by atoms with Crippen LogP contribution in [-0.4, -0.2) is 11.3 Å². The van der Waals surface area contributed by atoms with Crippen LogP contribution in [0.2, 0.25) is 5.02 Å². The Bertz CT molecular complexity index is 598. The molecule has 1 heterocycles. The number of rotatable bonds is 3. The number of carbonyl (C=O) groups is 1. The molecule has 4 heteroatoms. The normalized spacial score (nSPS) is 11.6. The number of aromatic nitrogens is 1. The summed E-state index contributed by atoms with van der Waals surface area (Å²) >= 11 is 7.53. The van der Waals surface area contributed by atoms with Gasteiger partial charge in [0.1, 0.15) is 6.29 Å². The van der Waals surface area contributed by atoms with Gasteiger partial charge in [0.2, 0.25) is 0 Å². The number of carbonyl (C=O) groups excluding carboxylic acids is 1. The summed E-state index contributed by atoms with van der Waals surface area (Å²) in [4.78, 5) is 15.7. The Labute approximate surface area is 122 Å². The zero-order chi connectivity index (χ0) is 14.0. The predicted molar refractivity (Wildman–Crippen MR) is 80.5 cm³/mol. The van der Waals surface area contributed by atoms with Crippen molar-refractivity contribution in [2.45, 2.75) is 32.6 Å². The van der Waals surface area contributed by atoms with Crippen LogP contribution in [0.5, 0.6) is 0 Å². The molecule has 100 valence electrons. The number of hydrogen-bond donors (Lipinski definition) is 0. The second-order valence-electron chi connectivity index (χ2n) is 5.51. The van der Waals surface area contributed by atoms with Crippen molar-refractivity contribution >= 4 is 29.2 Å². The second kappa shape index (κ2) is 5.43. The van der Waals surface area contributed by atoms with Gasteiger partial charge < -0.3 is 0 Å². The first-order valence-corrected chi connectivity index (χ1v) is 7.34. The van der Waals surface area contributed by atoms with Crippen molar-refractivity contribution in [2.75, 3.05) is 0 Å². The van der Waals surface area contributed by atoms with E-state index in [4.69, 9.17) is 11.6 Å². The lowest BCUT2D eigenvalue weighted by Crippen LogP contribution is -2.11. The first kappa shape index (κ1) is 14.2. The number of benzene rings is 1. The highest BCUT2D eigenvalue weighted by molar-refractivity contribution is 7.09. The Morgan fingerprint density at radius 1 is 1.37 bits per heavy atom. The minimum atomic E-state index is 0.0578. The van der Waals surface area contributed by atoms with Crippen molar-refractivity contribution in [3.05, 3.63) is 50.4 Å². The van der Waals surface area contributed by atoms with Gasteiger partial charge in [-0.15, -0.1) is 11.3 Å². The third-order valence-electron chi connectivity index (χ3n) is 2.90. The maximum absolute atomic E-state index is 11.1. The summed E-state index contributed by atoms with van der Waals surface area (Å²) in [6.07, 6.45) is 1.52. The molecule has 0 radical (unpaired) electrons. The zero-order valence-corrected chi connectivity index (χ0v) is 12.8. The van der Waals surface area contributed by atoms with Crippen LogP contribution >= 0.6 is 22.9 Å². The molecule has 0 atom stereocenters. The Morgan fingerprint density at radius 2 is 2.11 bits per heavy atom. The average molecular weight is 294 g/mol. The molecule has 19 heavy (non-hydrogen) atoms. The molecule has 0 unspecified atom stereocenters. The van der Waals surface area contributed by atoms with Gasteiger partial charge >= 0.3 is 0 Å². The average Bonchev–Trinajstić information content (AvgIpc) is 2.79. The van der Waals surface area contributed by atoms with Crippen LogP contribution in [0, 0.1) is 0 Å². The van der Waals surface area contributed by atoms with Gasteiger partial charge in [-0.25, -0.2) is 4.98 Å². The standard InChI is InChI=1S/C15H16ClNOS/c1-15(2,3)13-9-19-14(17-13)7-10-4-5-12(16)6-11(10)8-18/h4-6,8-9H,7H2,1-3H3. The van der Waals surface area contributed by atoms with Crippen LogP contribution < -0.4 is 0 Å². The fourth-order valence-corrected chi connectivity index (χ4v) is 2.96. The summed E-state index contributed by atoms with van der Waals surface area (Å²) in [5.74, 6) is 0. The molecule has 0 amide bonds. The van der Waals surface area contributed by atoms with Crippen molar-refractivity contribution < 1.29 is 4.79 Å². The smallest absolute Gasteiger partial charge is 0.150 e. The van der Waals surface area contributed by atoms with Crippen molar-refractivity contribution in [1.82, 2.24) is 4.98 Å². The summed E-state index contributed by atoms with van der Waals surface area (Å²) in [5, 5.41) is 3.70. The first-order chi connectivity index (χ1) is 8.90. The molecule has 0 N–H and O–H groups in total. The quantitative estimate of drug-likeness (QED) is 0.780. The Kier molecular flexibility index (Phi) is 4.07. The second-order valence-corrected chi connectivity index (χ2v) is 6.89. The monoisotopic (exact) mass is 293 g/mol. The van der Waals surface area contributed by atoms with Crippen LogP contribution in [0.25, 0.3) is 0 Å². The summed E-state index contributed by atoms with van der Waals surface area (Å²) in [7, 11) is 0. The molecule has 2 nitrogen and oxygen atoms in total. The van der Waals surface area contributed by atoms with Crippen molar-refractivity contribution in [3.8, 4) is 0 Å². The highest BCUT2D eigenvalue weighted by atomic mass is 35.5. The molecule has 2 aromatic rings. The molecule has 0 aliphatic rings. The fraction of sp³-hybridized carbons (Fsp3) is 0.333. The Hall–Kier alpha value is -1.19. The molecule has 0 aliphatic carbocycles. The van der Waals surface area contributed by atoms with E-state index in [1.54, 1.807) is 17.4 Å². The Balaban J connectivity index is 2.26. The van der Waals surface area contributed by atoms with Gasteiger partial charge in [-0.3, -0.25) is 4.79 Å². The maximum Gasteiger partial charge on any atom is 0.150 e. The van der Waals surface area contributed by atoms with E-state index in [0.29, 0.717) is 17.0 Å². The topological polar surface area (TPSA) is 30.0 Å². The van der Waals surface area contributed by atoms with E-state index < -0.39 is 0 Å². The number of hydrogen-bond acceptors (Lipinski definition) is 3. The van der Waals surface area contributed by atoms with Gasteiger partial charge in [-0.05, 0) is 17.7 Å². The molecule has 0 bridgehead atoms. The molecule has 0 saturated heterocycles. The van der Waals surface area contributed by atoms with Crippen LogP contribution in [0.1, 0.15) is 47.4 Å². The zero-order valence-electron chi connectivity index (χ0n) is 11.2. The van der Waals surface area contributed by atoms with Crippen LogP contribution in [-0.2, 0) is 11.8 Å². The maximum atomic E-state index is 11.1. The lowest BCUT2D eigenvalue weighted by atomic mass is 9.93. The molecule has 1 aromatic heterocycles. The fourth-order valence-electron chi connectivity index (χ4n) is 1.74. The molecule has 0 fully saturated rings. The van der Waals surface area contributed by atoms with Crippen molar-refractivity contribution in [1.29, 1.82) is 0 Å². The minimum absolute atomic E-state index is 0.0578. The van der Waals surface area contributed by atoms with E-state index in [1.807, 2.05) is 12.1 Å². The molecule has 2 rings (SSSR count). The molecule has 0 spiro atoms. The largest absolute Gasteiger partial charge is 0.298 e. The summed E-state index contributed by atoms with van der Waals surface area (Å²) in [6.45, 7) is 6.43. The number of aldehydes is 1. The summed E-state index contributed by atoms with van der Waals surface area (Å²) < 4.78 is 0. The molecular formula is C15H16ClNOS. The van der Waals surface area contributed by atoms with Crippen LogP contribution in [0.15, 0.2) is 23.6 Å². The number of thiazole rings is 1. The van der Waals surface area contributed by atoms with Gasteiger partial charge in [-0.1, -0.05) is 38.4 Å². The molecular weight excluding hydrogens is 278 g/mol. The van der Waals surface area contributed by atoms with Gasteiger partial charge in [0.05, 0.1) is 10.7 Å². The highest BCUT2D eigenvalue weighted by Crippen LogP contribution is 2.26. The number of halogens is 1. The molecule has 0 aliphatic heterocycles. The van der Waals surface area contributed by atoms with Gasteiger partial charge in [0.15, 0.2) is 0 Å². The van der Waals surface area contributed by atoms with Gasteiger partial charge in [0.25, 0.3) is 0 Å². The van der Waals surface area contributed by atoms with E-state index in [9.17, 15) is 4.79 Å². The minimum Gasteiger partial charge on any atom is -0.298 e. The summed E-state index contributed by atoms with van der Waals surface area (Å²) in [5.41, 5.74) is 2.76. The van der Waals surface area contributed by atoms with Crippen LogP contribution in [0.3, 0.4) is 0 Å². The third-order valence-corrected chi connectivity index (χ3v) is 3.98. The van der Waals surface area contributed by atoms with E-state index in [1.165, 1.54) is 0 Å². The van der Waals surface area contributed by atoms with Gasteiger partial charge in [-0.2, -0.15) is 0 Å². The summed E-state index contributed by atoms with van der Waals surface area (Å²) in [6, 6.07) is 5.40. The molecule has 0 saturated carbocycles. The van der Waals surface area contributed by atoms with Gasteiger partial charge in [0, 0.05) is 27.8 Å². The SMILES string of the molecule is CC(C)(C)c1csc(Cc2ccc(Cl)cc2C=O)n1. The van der Waals surface area contributed by atoms with E-state index in [0.717, 1.165) is 22.6 Å². The molecule has 1 aromatic carbocycles. The van der Waals surface area contributed by atoms with Crippen LogP contribution in [0.4, 0.5) is 0 Å². The third kappa shape index (κ3) is 3.43. The van der Waals surface area contributed by atoms with E-state index in [-0.39, 0.29) is 5.41 Å². The van der Waals surface area contributed by atoms with E-state index >= 15 is 0 Å². The lowest BCUT2D eigenvalue weighted by molar-refractivity contribution is 0.112. The van der Waals surface area contributed by atoms with Crippen molar-refractivity contribution in [2.24, 2.45) is 0 Å². The highest BCUT2D eigenvalue weighted by Gasteiger charge is 2.17. The number of nitrogens with zero attached hydrogens (tertiary/aromatic N) is 1. The predicted octanol–water partition coefficient (Wildman–Crippen LogP) is 4.50. The van der Waals surface area contributed by atoms with E-state index in [2.05, 4.69) is 31.1 Å². The van der Waals surface area contributed by atoms with Crippen molar-refractivity contribution in [3.63, 3.8) is 0 Å². The first-order valence-electron chi connectivity index (χ1n) is 6.08. The lowest BCUT2D eigenvalue weighted by Gasteiger charge is -2.14.